The first kappa shape index (κ1) is 21.0. The third-order valence-corrected chi connectivity index (χ3v) is 4.58. The zero-order chi connectivity index (χ0) is 17.9. The van der Waals surface area contributed by atoms with Gasteiger partial charge in [-0.3, -0.25) is 9.59 Å². The van der Waals surface area contributed by atoms with Gasteiger partial charge < -0.3 is 14.9 Å². The Morgan fingerprint density at radius 3 is 2.17 bits per heavy atom. The number of carboxylic acid groups (broad SMARTS) is 1. The number of halogens is 2. The van der Waals surface area contributed by atoms with Crippen LogP contribution in [0.2, 0.25) is 0 Å². The van der Waals surface area contributed by atoms with Crippen molar-refractivity contribution in [3.63, 3.8) is 0 Å². The topological polar surface area (TPSA) is 83.8 Å². The highest BCUT2D eigenvalue weighted by Gasteiger charge is 2.10. The zero-order valence-corrected chi connectivity index (χ0v) is 16.6. The molecule has 24 heavy (non-hydrogen) atoms. The summed E-state index contributed by atoms with van der Waals surface area (Å²) < 4.78 is 6.52. The van der Waals surface area contributed by atoms with Crippen molar-refractivity contribution < 1.29 is 24.5 Å². The molecule has 1 aromatic carbocycles. The first-order chi connectivity index (χ1) is 11.4. The average molecular weight is 466 g/mol. The minimum absolute atomic E-state index is 0.0396. The van der Waals surface area contributed by atoms with Gasteiger partial charge in [0.15, 0.2) is 0 Å². The Balaban J connectivity index is 2.14. The lowest BCUT2D eigenvalue weighted by atomic mass is 10.1. The molecule has 0 bridgehead atoms. The minimum atomic E-state index is -0.749. The Bertz CT molecular complexity index is 560. The summed E-state index contributed by atoms with van der Waals surface area (Å²) >= 11 is 6.56. The summed E-state index contributed by atoms with van der Waals surface area (Å²) in [5.41, 5.74) is 0.544. The molecule has 7 heteroatoms. The first-order valence-electron chi connectivity index (χ1n) is 7.94. The van der Waals surface area contributed by atoms with Gasteiger partial charge in [-0.15, -0.1) is 0 Å². The van der Waals surface area contributed by atoms with Crippen molar-refractivity contribution in [2.24, 2.45) is 0 Å². The van der Waals surface area contributed by atoms with Crippen LogP contribution in [-0.2, 0) is 20.9 Å². The van der Waals surface area contributed by atoms with Crippen molar-refractivity contribution in [1.82, 2.24) is 0 Å². The second-order valence-electron chi connectivity index (χ2n) is 5.57. The molecule has 0 fully saturated rings. The summed E-state index contributed by atoms with van der Waals surface area (Å²) in [5, 5.41) is 18.4. The van der Waals surface area contributed by atoms with Gasteiger partial charge in [-0.05, 0) is 40.9 Å². The molecule has 0 radical (unpaired) electrons. The summed E-state index contributed by atoms with van der Waals surface area (Å²) in [6, 6.07) is 3.43. The summed E-state index contributed by atoms with van der Waals surface area (Å²) in [6.07, 6.45) is 5.86. The van der Waals surface area contributed by atoms with E-state index in [0.717, 1.165) is 36.6 Å². The van der Waals surface area contributed by atoms with Gasteiger partial charge in [0.25, 0.3) is 0 Å². The van der Waals surface area contributed by atoms with Gasteiger partial charge in [-0.25, -0.2) is 0 Å². The minimum Gasteiger partial charge on any atom is -0.506 e. The Morgan fingerprint density at radius 2 is 1.54 bits per heavy atom. The molecule has 0 aliphatic carbocycles. The molecule has 2 N–H and O–H groups in total. The quantitative estimate of drug-likeness (QED) is 0.348. The molecule has 0 unspecified atom stereocenters. The van der Waals surface area contributed by atoms with Gasteiger partial charge in [0, 0.05) is 22.9 Å². The molecule has 0 aromatic heterocycles. The van der Waals surface area contributed by atoms with E-state index in [1.165, 1.54) is 0 Å². The average Bonchev–Trinajstić information content (AvgIpc) is 2.51. The third-order valence-electron chi connectivity index (χ3n) is 3.52. The molecule has 134 valence electrons. The molecule has 0 saturated heterocycles. The largest absolute Gasteiger partial charge is 0.506 e. The third kappa shape index (κ3) is 8.68. The van der Waals surface area contributed by atoms with Crippen molar-refractivity contribution in [2.75, 3.05) is 0 Å². The monoisotopic (exact) mass is 464 g/mol. The Labute approximate surface area is 158 Å². The van der Waals surface area contributed by atoms with E-state index in [9.17, 15) is 14.7 Å². The molecule has 0 aliphatic heterocycles. The summed E-state index contributed by atoms with van der Waals surface area (Å²) in [7, 11) is 0. The van der Waals surface area contributed by atoms with Crippen LogP contribution in [0.5, 0.6) is 5.75 Å². The number of rotatable bonds is 11. The predicted molar refractivity (Wildman–Crippen MR) is 97.9 cm³/mol. The maximum atomic E-state index is 11.7. The van der Waals surface area contributed by atoms with Crippen LogP contribution in [0.15, 0.2) is 21.1 Å². The normalized spacial score (nSPS) is 10.6. The van der Waals surface area contributed by atoms with Crippen LogP contribution in [0, 0.1) is 0 Å². The number of carbonyl (C=O) groups is 2. The predicted octanol–water partition coefficient (Wildman–Crippen LogP) is 5.17. The molecule has 0 amide bonds. The number of esters is 1. The summed E-state index contributed by atoms with van der Waals surface area (Å²) in [4.78, 5) is 22.1. The number of hydrogen-bond donors (Lipinski definition) is 2. The van der Waals surface area contributed by atoms with Crippen LogP contribution in [0.3, 0.4) is 0 Å². The molecule has 0 saturated carbocycles. The molecule has 1 rings (SSSR count). The van der Waals surface area contributed by atoms with E-state index in [4.69, 9.17) is 9.84 Å². The van der Waals surface area contributed by atoms with E-state index in [2.05, 4.69) is 31.9 Å². The van der Waals surface area contributed by atoms with Crippen molar-refractivity contribution in [1.29, 1.82) is 0 Å². The number of aliphatic carboxylic acids is 1. The lowest BCUT2D eigenvalue weighted by molar-refractivity contribution is -0.145. The van der Waals surface area contributed by atoms with Gasteiger partial charge in [0.1, 0.15) is 12.4 Å². The van der Waals surface area contributed by atoms with Crippen LogP contribution in [0.1, 0.15) is 56.9 Å². The van der Waals surface area contributed by atoms with Gasteiger partial charge in [-0.1, -0.05) is 41.6 Å². The van der Waals surface area contributed by atoms with E-state index in [1.54, 1.807) is 12.1 Å². The molecule has 1 aromatic rings. The lowest BCUT2D eigenvalue weighted by Gasteiger charge is -2.09. The molecule has 0 atom stereocenters. The fourth-order valence-corrected chi connectivity index (χ4v) is 3.53. The number of unbranched alkanes of at least 4 members (excludes halogenated alkanes) is 5. The zero-order valence-electron chi connectivity index (χ0n) is 13.4. The SMILES string of the molecule is O=C(O)CCCCCCCCC(=O)OCc1cc(Br)cc(Br)c1O. The molecule has 0 heterocycles. The second-order valence-corrected chi connectivity index (χ2v) is 7.34. The number of phenols is 1. The lowest BCUT2D eigenvalue weighted by Crippen LogP contribution is -2.04. The van der Waals surface area contributed by atoms with Gasteiger partial charge in [-0.2, -0.15) is 0 Å². The van der Waals surface area contributed by atoms with Crippen LogP contribution >= 0.6 is 31.9 Å². The van der Waals surface area contributed by atoms with Crippen molar-refractivity contribution in [2.45, 2.75) is 58.0 Å². The molecule has 0 spiro atoms. The Hall–Kier alpha value is -1.08. The van der Waals surface area contributed by atoms with E-state index in [-0.39, 0.29) is 24.7 Å². The standard InChI is InChI=1S/C17H22Br2O5/c18-13-9-12(17(23)14(19)10-13)11-24-16(22)8-6-4-2-1-3-5-7-15(20)21/h9-10,23H,1-8,11H2,(H,20,21). The highest BCUT2D eigenvalue weighted by molar-refractivity contribution is 9.11. The van der Waals surface area contributed by atoms with Crippen molar-refractivity contribution in [3.8, 4) is 5.75 Å². The Kier molecular flexibility index (Phi) is 10.0. The van der Waals surface area contributed by atoms with Crippen LogP contribution in [-0.4, -0.2) is 22.2 Å². The molecular weight excluding hydrogens is 444 g/mol. The number of carbonyl (C=O) groups excluding carboxylic acids is 1. The van der Waals surface area contributed by atoms with E-state index in [0.29, 0.717) is 22.9 Å². The van der Waals surface area contributed by atoms with Crippen LogP contribution < -0.4 is 0 Å². The highest BCUT2D eigenvalue weighted by Crippen LogP contribution is 2.32. The fourth-order valence-electron chi connectivity index (χ4n) is 2.21. The van der Waals surface area contributed by atoms with Crippen LogP contribution in [0.25, 0.3) is 0 Å². The molecular formula is C17H22Br2O5. The van der Waals surface area contributed by atoms with Gasteiger partial charge in [0.2, 0.25) is 0 Å². The maximum absolute atomic E-state index is 11.7. The summed E-state index contributed by atoms with van der Waals surface area (Å²) in [6.45, 7) is 0.0396. The maximum Gasteiger partial charge on any atom is 0.306 e. The van der Waals surface area contributed by atoms with E-state index >= 15 is 0 Å². The number of benzene rings is 1. The van der Waals surface area contributed by atoms with Gasteiger partial charge >= 0.3 is 11.9 Å². The summed E-state index contributed by atoms with van der Waals surface area (Å²) in [5.74, 6) is -0.954. The number of hydrogen-bond acceptors (Lipinski definition) is 4. The van der Waals surface area contributed by atoms with E-state index in [1.807, 2.05) is 0 Å². The number of aromatic hydroxyl groups is 1. The highest BCUT2D eigenvalue weighted by atomic mass is 79.9. The smallest absolute Gasteiger partial charge is 0.306 e. The van der Waals surface area contributed by atoms with Crippen molar-refractivity contribution >= 4 is 43.8 Å². The fraction of sp³-hybridized carbons (Fsp3) is 0.529. The molecule has 0 aliphatic rings. The van der Waals surface area contributed by atoms with E-state index < -0.39 is 5.97 Å². The first-order valence-corrected chi connectivity index (χ1v) is 9.53. The number of carboxylic acids is 1. The molecule has 5 nitrogen and oxygen atoms in total. The Morgan fingerprint density at radius 1 is 0.958 bits per heavy atom. The number of ether oxygens (including phenoxy) is 1. The van der Waals surface area contributed by atoms with Crippen molar-refractivity contribution in [3.05, 3.63) is 26.6 Å². The van der Waals surface area contributed by atoms with Gasteiger partial charge in [0.05, 0.1) is 4.47 Å². The number of phenolic OH excluding ortho intramolecular Hbond substituents is 1. The van der Waals surface area contributed by atoms with Crippen LogP contribution in [0.4, 0.5) is 0 Å². The second kappa shape index (κ2) is 11.5.